The number of benzene rings is 2. The smallest absolute Gasteiger partial charge is 0.331 e. The predicted molar refractivity (Wildman–Crippen MR) is 118 cm³/mol. The van der Waals surface area contributed by atoms with Crippen molar-refractivity contribution in [1.29, 1.82) is 0 Å². The SMILES string of the molecule is CN1CCN(c2ccc3nc(C4=C(N)c5c(F)cccc5NC4C(=O)O)[nH]c3c2)CC1. The summed E-state index contributed by atoms with van der Waals surface area (Å²) >= 11 is 0. The number of nitrogens with zero attached hydrogens (tertiary/aromatic N) is 3. The molecule has 1 saturated heterocycles. The van der Waals surface area contributed by atoms with Crippen molar-refractivity contribution in [2.75, 3.05) is 43.4 Å². The van der Waals surface area contributed by atoms with Crippen molar-refractivity contribution in [3.05, 3.63) is 53.6 Å². The summed E-state index contributed by atoms with van der Waals surface area (Å²) in [6.45, 7) is 3.85. The maximum Gasteiger partial charge on any atom is 0.331 e. The average molecular weight is 422 g/mol. The van der Waals surface area contributed by atoms with Crippen molar-refractivity contribution in [2.24, 2.45) is 5.73 Å². The Morgan fingerprint density at radius 3 is 2.74 bits per heavy atom. The molecule has 1 fully saturated rings. The molecule has 2 aliphatic heterocycles. The molecule has 5 rings (SSSR count). The Labute approximate surface area is 178 Å². The summed E-state index contributed by atoms with van der Waals surface area (Å²) in [7, 11) is 2.11. The van der Waals surface area contributed by atoms with Crippen LogP contribution in [0.5, 0.6) is 0 Å². The Balaban J connectivity index is 1.59. The number of anilines is 2. The Kier molecular flexibility index (Phi) is 4.55. The highest BCUT2D eigenvalue weighted by Crippen LogP contribution is 2.37. The summed E-state index contributed by atoms with van der Waals surface area (Å²) in [6.07, 6.45) is 0. The molecular weight excluding hydrogens is 399 g/mol. The minimum absolute atomic E-state index is 0.0672. The fourth-order valence-corrected chi connectivity index (χ4v) is 4.27. The number of fused-ring (bicyclic) bond motifs is 2. The van der Waals surface area contributed by atoms with Crippen molar-refractivity contribution in [3.8, 4) is 0 Å². The Morgan fingerprint density at radius 2 is 2.00 bits per heavy atom. The normalized spacial score (nSPS) is 19.4. The van der Waals surface area contributed by atoms with Crippen LogP contribution in [-0.2, 0) is 4.79 Å². The summed E-state index contributed by atoms with van der Waals surface area (Å²) in [6, 6.07) is 9.20. The van der Waals surface area contributed by atoms with Gasteiger partial charge in [-0.3, -0.25) is 0 Å². The highest BCUT2D eigenvalue weighted by molar-refractivity contribution is 6.07. The number of rotatable bonds is 3. The quantitative estimate of drug-likeness (QED) is 0.512. The number of halogens is 1. The molecule has 3 aromatic rings. The van der Waals surface area contributed by atoms with Gasteiger partial charge >= 0.3 is 5.97 Å². The zero-order chi connectivity index (χ0) is 21.7. The van der Waals surface area contributed by atoms with Crippen molar-refractivity contribution in [3.63, 3.8) is 0 Å². The largest absolute Gasteiger partial charge is 0.479 e. The second-order valence-corrected chi connectivity index (χ2v) is 7.98. The first-order chi connectivity index (χ1) is 14.9. The van der Waals surface area contributed by atoms with E-state index in [2.05, 4.69) is 32.1 Å². The predicted octanol–water partition coefficient (Wildman–Crippen LogP) is 2.16. The van der Waals surface area contributed by atoms with Gasteiger partial charge in [-0.15, -0.1) is 0 Å². The number of likely N-dealkylation sites (N-methyl/N-ethyl adjacent to an activating group) is 1. The number of hydrogen-bond acceptors (Lipinski definition) is 6. The van der Waals surface area contributed by atoms with E-state index in [1.54, 1.807) is 6.07 Å². The van der Waals surface area contributed by atoms with E-state index in [0.29, 0.717) is 17.0 Å². The first-order valence-corrected chi connectivity index (χ1v) is 10.1. The third-order valence-electron chi connectivity index (χ3n) is 6.00. The molecule has 5 N–H and O–H groups in total. The van der Waals surface area contributed by atoms with Gasteiger partial charge in [0, 0.05) is 37.6 Å². The number of aliphatic carboxylic acids is 1. The van der Waals surface area contributed by atoms with E-state index in [4.69, 9.17) is 5.73 Å². The van der Waals surface area contributed by atoms with E-state index < -0.39 is 17.8 Å². The molecule has 0 saturated carbocycles. The summed E-state index contributed by atoms with van der Waals surface area (Å²) in [4.78, 5) is 24.4. The molecule has 1 aromatic heterocycles. The molecule has 3 heterocycles. The summed E-state index contributed by atoms with van der Waals surface area (Å²) in [5.41, 5.74) is 9.64. The molecule has 0 radical (unpaired) electrons. The van der Waals surface area contributed by atoms with Crippen molar-refractivity contribution in [2.45, 2.75) is 6.04 Å². The zero-order valence-corrected chi connectivity index (χ0v) is 17.0. The third-order valence-corrected chi connectivity index (χ3v) is 6.00. The number of imidazole rings is 1. The van der Waals surface area contributed by atoms with Gasteiger partial charge in [-0.1, -0.05) is 6.07 Å². The van der Waals surface area contributed by atoms with Crippen LogP contribution in [0.3, 0.4) is 0 Å². The molecule has 2 aliphatic rings. The van der Waals surface area contributed by atoms with Gasteiger partial charge in [-0.2, -0.15) is 0 Å². The molecule has 8 nitrogen and oxygen atoms in total. The summed E-state index contributed by atoms with van der Waals surface area (Å²) in [5, 5.41) is 12.7. The molecule has 9 heteroatoms. The van der Waals surface area contributed by atoms with E-state index in [-0.39, 0.29) is 16.8 Å². The number of piperazine rings is 1. The van der Waals surface area contributed by atoms with Gasteiger partial charge in [0.1, 0.15) is 11.6 Å². The maximum absolute atomic E-state index is 14.5. The highest BCUT2D eigenvalue weighted by Gasteiger charge is 2.34. The molecule has 1 atom stereocenters. The lowest BCUT2D eigenvalue weighted by Gasteiger charge is -2.34. The molecule has 31 heavy (non-hydrogen) atoms. The summed E-state index contributed by atoms with van der Waals surface area (Å²) < 4.78 is 14.5. The molecule has 1 unspecified atom stereocenters. The lowest BCUT2D eigenvalue weighted by molar-refractivity contribution is -0.136. The monoisotopic (exact) mass is 422 g/mol. The first-order valence-electron chi connectivity index (χ1n) is 10.1. The number of hydrogen-bond donors (Lipinski definition) is 4. The molecular formula is C22H23FN6O2. The molecule has 0 bridgehead atoms. The molecule has 2 aromatic carbocycles. The number of nitrogens with two attached hydrogens (primary N) is 1. The van der Waals surface area contributed by atoms with Crippen LogP contribution in [0.25, 0.3) is 22.3 Å². The van der Waals surface area contributed by atoms with Crippen molar-refractivity contribution < 1.29 is 14.3 Å². The van der Waals surface area contributed by atoms with Gasteiger partial charge < -0.3 is 30.9 Å². The second-order valence-electron chi connectivity index (χ2n) is 7.98. The van der Waals surface area contributed by atoms with Crippen molar-refractivity contribution in [1.82, 2.24) is 14.9 Å². The lowest BCUT2D eigenvalue weighted by Crippen LogP contribution is -2.44. The number of carbonyl (C=O) groups is 1. The molecule has 0 amide bonds. The summed E-state index contributed by atoms with van der Waals surface area (Å²) in [5.74, 6) is -1.32. The van der Waals surface area contributed by atoms with Crippen LogP contribution in [0.4, 0.5) is 15.8 Å². The van der Waals surface area contributed by atoms with Gasteiger partial charge in [0.05, 0.1) is 27.9 Å². The molecule has 0 spiro atoms. The number of aromatic amines is 1. The van der Waals surface area contributed by atoms with Crippen molar-refractivity contribution >= 4 is 39.6 Å². The van der Waals surface area contributed by atoms with Gasteiger partial charge in [-0.25, -0.2) is 14.2 Å². The van der Waals surface area contributed by atoms with Gasteiger partial charge in [0.25, 0.3) is 0 Å². The second kappa shape index (κ2) is 7.28. The van der Waals surface area contributed by atoms with E-state index >= 15 is 0 Å². The van der Waals surface area contributed by atoms with E-state index in [9.17, 15) is 14.3 Å². The topological polar surface area (TPSA) is 111 Å². The Bertz CT molecular complexity index is 1210. The number of carboxylic acids is 1. The zero-order valence-electron chi connectivity index (χ0n) is 17.0. The molecule has 0 aliphatic carbocycles. The highest BCUT2D eigenvalue weighted by atomic mass is 19.1. The van der Waals surface area contributed by atoms with Gasteiger partial charge in [-0.05, 0) is 37.4 Å². The van der Waals surface area contributed by atoms with Gasteiger partial charge in [0.2, 0.25) is 0 Å². The van der Waals surface area contributed by atoms with Crippen LogP contribution >= 0.6 is 0 Å². The number of H-pyrrole nitrogens is 1. The van der Waals surface area contributed by atoms with Crippen LogP contribution in [0.15, 0.2) is 36.4 Å². The van der Waals surface area contributed by atoms with Crippen LogP contribution in [0.1, 0.15) is 11.4 Å². The third kappa shape index (κ3) is 3.27. The van der Waals surface area contributed by atoms with E-state index in [1.165, 1.54) is 12.1 Å². The Hall–Kier alpha value is -3.59. The minimum atomic E-state index is -1.15. The number of aromatic nitrogens is 2. The van der Waals surface area contributed by atoms with E-state index in [1.807, 2.05) is 18.2 Å². The van der Waals surface area contributed by atoms with Crippen LogP contribution in [-0.4, -0.2) is 65.2 Å². The van der Waals surface area contributed by atoms with Crippen LogP contribution in [0.2, 0.25) is 0 Å². The van der Waals surface area contributed by atoms with E-state index in [0.717, 1.165) is 37.4 Å². The van der Waals surface area contributed by atoms with Gasteiger partial charge in [0.15, 0.2) is 6.04 Å². The average Bonchev–Trinajstić information content (AvgIpc) is 3.16. The molecule has 160 valence electrons. The maximum atomic E-state index is 14.5. The fourth-order valence-electron chi connectivity index (χ4n) is 4.27. The number of nitrogens with one attached hydrogen (secondary N) is 2. The lowest BCUT2D eigenvalue weighted by atomic mass is 9.93. The standard InChI is InChI=1S/C22H23FN6O2/c1-28-7-9-29(10-8-28)12-5-6-14-16(11-12)27-21(26-14)18-19(24)17-13(23)3-2-4-15(17)25-20(18)22(30)31/h2-6,11,20,25H,7-10,24H2,1H3,(H,26,27)(H,30,31). The fraction of sp³-hybridized carbons (Fsp3) is 0.273. The Morgan fingerprint density at radius 1 is 1.23 bits per heavy atom. The van der Waals surface area contributed by atoms with Crippen LogP contribution < -0.4 is 16.0 Å². The number of carboxylic acid groups (broad SMARTS) is 1. The van der Waals surface area contributed by atoms with Crippen LogP contribution in [0, 0.1) is 5.82 Å². The minimum Gasteiger partial charge on any atom is -0.479 e. The first kappa shape index (κ1) is 19.4.